The van der Waals surface area contributed by atoms with Crippen LogP contribution in [-0.2, 0) is 16.1 Å². The van der Waals surface area contributed by atoms with Gasteiger partial charge in [0, 0.05) is 4.47 Å². The summed E-state index contributed by atoms with van der Waals surface area (Å²) < 4.78 is 11.5. The van der Waals surface area contributed by atoms with E-state index in [9.17, 15) is 9.59 Å². The third-order valence-electron chi connectivity index (χ3n) is 3.85. The number of methoxy groups -OCH3 is 1. The molecular weight excluding hydrogens is 398 g/mol. The van der Waals surface area contributed by atoms with Crippen LogP contribution in [0.15, 0.2) is 53.0 Å². The van der Waals surface area contributed by atoms with Gasteiger partial charge in [-0.25, -0.2) is 4.79 Å². The van der Waals surface area contributed by atoms with Crippen LogP contribution in [-0.4, -0.2) is 25.0 Å². The van der Waals surface area contributed by atoms with Gasteiger partial charge in [0.05, 0.1) is 12.7 Å². The lowest BCUT2D eigenvalue weighted by atomic mass is 10.0. The average Bonchev–Trinajstić information content (AvgIpc) is 2.64. The number of amides is 1. The summed E-state index contributed by atoms with van der Waals surface area (Å²) in [6.07, 6.45) is 0. The SMILES string of the molecule is COc1ccccc1C(=O)N[C@H](C(=O)OCc1ccc(Br)cc1)C(C)C. The molecule has 0 aliphatic heterocycles. The van der Waals surface area contributed by atoms with Crippen LogP contribution >= 0.6 is 15.9 Å². The zero-order valence-electron chi connectivity index (χ0n) is 15.0. The quantitative estimate of drug-likeness (QED) is 0.689. The van der Waals surface area contributed by atoms with Crippen molar-refractivity contribution in [1.82, 2.24) is 5.32 Å². The van der Waals surface area contributed by atoms with E-state index in [1.807, 2.05) is 38.1 Å². The van der Waals surface area contributed by atoms with E-state index in [2.05, 4.69) is 21.2 Å². The van der Waals surface area contributed by atoms with E-state index in [-0.39, 0.29) is 18.4 Å². The summed E-state index contributed by atoms with van der Waals surface area (Å²) in [5.74, 6) is -0.505. The summed E-state index contributed by atoms with van der Waals surface area (Å²) in [5.41, 5.74) is 1.25. The number of nitrogens with one attached hydrogen (secondary N) is 1. The van der Waals surface area contributed by atoms with Gasteiger partial charge in [-0.15, -0.1) is 0 Å². The van der Waals surface area contributed by atoms with Crippen molar-refractivity contribution in [3.8, 4) is 5.75 Å². The van der Waals surface area contributed by atoms with Gasteiger partial charge in [0.2, 0.25) is 0 Å². The van der Waals surface area contributed by atoms with Crippen LogP contribution < -0.4 is 10.1 Å². The number of esters is 1. The zero-order chi connectivity index (χ0) is 19.1. The first kappa shape index (κ1) is 20.0. The van der Waals surface area contributed by atoms with Crippen molar-refractivity contribution in [3.05, 3.63) is 64.1 Å². The van der Waals surface area contributed by atoms with Crippen LogP contribution in [0.3, 0.4) is 0 Å². The van der Waals surface area contributed by atoms with Gasteiger partial charge >= 0.3 is 5.97 Å². The van der Waals surface area contributed by atoms with Crippen molar-refractivity contribution < 1.29 is 19.1 Å². The summed E-state index contributed by atoms with van der Waals surface area (Å²) >= 11 is 3.36. The van der Waals surface area contributed by atoms with E-state index in [0.29, 0.717) is 11.3 Å². The normalized spacial score (nSPS) is 11.7. The van der Waals surface area contributed by atoms with E-state index in [4.69, 9.17) is 9.47 Å². The molecule has 138 valence electrons. The number of halogens is 1. The first-order valence-corrected chi connectivity index (χ1v) is 9.06. The maximum Gasteiger partial charge on any atom is 0.329 e. The molecule has 0 heterocycles. The van der Waals surface area contributed by atoms with Gasteiger partial charge in [0.25, 0.3) is 5.91 Å². The van der Waals surface area contributed by atoms with Gasteiger partial charge in [-0.2, -0.15) is 0 Å². The Labute approximate surface area is 161 Å². The Morgan fingerprint density at radius 1 is 1.08 bits per heavy atom. The van der Waals surface area contributed by atoms with Gasteiger partial charge in [0.15, 0.2) is 0 Å². The lowest BCUT2D eigenvalue weighted by Crippen LogP contribution is -2.45. The molecule has 0 saturated heterocycles. The topological polar surface area (TPSA) is 64.6 Å². The minimum atomic E-state index is -0.747. The maximum absolute atomic E-state index is 12.6. The van der Waals surface area contributed by atoms with Crippen molar-refractivity contribution >= 4 is 27.8 Å². The second-order valence-corrected chi connectivity index (χ2v) is 7.05. The molecule has 1 N–H and O–H groups in total. The molecule has 0 aliphatic carbocycles. The molecule has 6 heteroatoms. The molecule has 0 radical (unpaired) electrons. The number of benzene rings is 2. The predicted octanol–water partition coefficient (Wildman–Crippen LogP) is 3.96. The number of para-hydroxylation sites is 1. The van der Waals surface area contributed by atoms with Crippen LogP contribution in [0.25, 0.3) is 0 Å². The molecule has 2 rings (SSSR count). The average molecular weight is 420 g/mol. The van der Waals surface area contributed by atoms with Crippen molar-refractivity contribution in [3.63, 3.8) is 0 Å². The van der Waals surface area contributed by atoms with Crippen molar-refractivity contribution in [1.29, 1.82) is 0 Å². The zero-order valence-corrected chi connectivity index (χ0v) is 16.6. The highest BCUT2D eigenvalue weighted by Gasteiger charge is 2.27. The third kappa shape index (κ3) is 5.33. The molecule has 1 atom stereocenters. The third-order valence-corrected chi connectivity index (χ3v) is 4.38. The monoisotopic (exact) mass is 419 g/mol. The smallest absolute Gasteiger partial charge is 0.329 e. The largest absolute Gasteiger partial charge is 0.496 e. The standard InChI is InChI=1S/C20H22BrNO4/c1-13(2)18(20(24)26-12-14-8-10-15(21)11-9-14)22-19(23)16-6-4-5-7-17(16)25-3/h4-11,13,18H,12H2,1-3H3,(H,22,23)/t18-/m0/s1. The van der Waals surface area contributed by atoms with Gasteiger partial charge in [-0.3, -0.25) is 4.79 Å². The Balaban J connectivity index is 2.04. The Bertz CT molecular complexity index is 759. The van der Waals surface area contributed by atoms with Crippen LogP contribution in [0.1, 0.15) is 29.8 Å². The van der Waals surface area contributed by atoms with E-state index >= 15 is 0 Å². The van der Waals surface area contributed by atoms with Gasteiger partial charge in [0.1, 0.15) is 18.4 Å². The molecule has 2 aromatic carbocycles. The van der Waals surface area contributed by atoms with Gasteiger partial charge in [-0.1, -0.05) is 54.0 Å². The van der Waals surface area contributed by atoms with Gasteiger partial charge < -0.3 is 14.8 Å². The van der Waals surface area contributed by atoms with E-state index in [1.54, 1.807) is 24.3 Å². The van der Waals surface area contributed by atoms with E-state index in [0.717, 1.165) is 10.0 Å². The van der Waals surface area contributed by atoms with Crippen molar-refractivity contribution in [2.24, 2.45) is 5.92 Å². The minimum absolute atomic E-state index is 0.119. The number of carbonyl (C=O) groups is 2. The Hall–Kier alpha value is -2.34. The Morgan fingerprint density at radius 2 is 1.73 bits per heavy atom. The van der Waals surface area contributed by atoms with Crippen LogP contribution in [0.2, 0.25) is 0 Å². The summed E-state index contributed by atoms with van der Waals surface area (Å²) in [4.78, 5) is 25.0. The summed E-state index contributed by atoms with van der Waals surface area (Å²) in [7, 11) is 1.50. The number of carbonyl (C=O) groups excluding carboxylic acids is 2. The molecule has 5 nitrogen and oxygen atoms in total. The first-order valence-electron chi connectivity index (χ1n) is 8.27. The van der Waals surface area contributed by atoms with Crippen LogP contribution in [0, 0.1) is 5.92 Å². The van der Waals surface area contributed by atoms with E-state index in [1.165, 1.54) is 7.11 Å². The number of ether oxygens (including phenoxy) is 2. The molecule has 26 heavy (non-hydrogen) atoms. The Morgan fingerprint density at radius 3 is 2.35 bits per heavy atom. The molecule has 0 bridgehead atoms. The number of hydrogen-bond donors (Lipinski definition) is 1. The number of hydrogen-bond acceptors (Lipinski definition) is 4. The lowest BCUT2D eigenvalue weighted by molar-refractivity contribution is -0.148. The fraction of sp³-hybridized carbons (Fsp3) is 0.300. The molecule has 0 fully saturated rings. The summed E-state index contributed by atoms with van der Waals surface area (Å²) in [5, 5.41) is 2.75. The summed E-state index contributed by atoms with van der Waals surface area (Å²) in [6.45, 7) is 3.86. The predicted molar refractivity (Wildman–Crippen MR) is 103 cm³/mol. The molecule has 1 amide bonds. The van der Waals surface area contributed by atoms with Crippen LogP contribution in [0.4, 0.5) is 0 Å². The fourth-order valence-corrected chi connectivity index (χ4v) is 2.64. The van der Waals surface area contributed by atoms with E-state index < -0.39 is 12.0 Å². The van der Waals surface area contributed by atoms with Crippen molar-refractivity contribution in [2.75, 3.05) is 7.11 Å². The highest BCUT2D eigenvalue weighted by molar-refractivity contribution is 9.10. The lowest BCUT2D eigenvalue weighted by Gasteiger charge is -2.21. The Kier molecular flexibility index (Phi) is 7.21. The molecule has 0 aliphatic rings. The van der Waals surface area contributed by atoms with Gasteiger partial charge in [-0.05, 0) is 35.7 Å². The van der Waals surface area contributed by atoms with Crippen molar-refractivity contribution in [2.45, 2.75) is 26.5 Å². The first-order chi connectivity index (χ1) is 12.4. The number of rotatable bonds is 7. The molecule has 0 saturated carbocycles. The molecule has 0 aromatic heterocycles. The summed E-state index contributed by atoms with van der Waals surface area (Å²) in [6, 6.07) is 13.6. The minimum Gasteiger partial charge on any atom is -0.496 e. The maximum atomic E-state index is 12.6. The highest BCUT2D eigenvalue weighted by Crippen LogP contribution is 2.18. The molecule has 0 spiro atoms. The van der Waals surface area contributed by atoms with Crippen LogP contribution in [0.5, 0.6) is 5.75 Å². The molecular formula is C20H22BrNO4. The highest BCUT2D eigenvalue weighted by atomic mass is 79.9. The molecule has 2 aromatic rings. The molecule has 0 unspecified atom stereocenters. The second kappa shape index (κ2) is 9.38. The fourth-order valence-electron chi connectivity index (χ4n) is 2.37. The second-order valence-electron chi connectivity index (χ2n) is 6.13.